The number of carbonyl (C=O) groups excluding carboxylic acids is 1. The number of carbonyl (C=O) groups is 2. The van der Waals surface area contributed by atoms with E-state index in [1.807, 2.05) is 0 Å². The van der Waals surface area contributed by atoms with Gasteiger partial charge in [0, 0.05) is 0 Å². The number of ether oxygens (including phenoxy) is 2. The quantitative estimate of drug-likeness (QED) is 0.798. The molecule has 2 N–H and O–H groups in total. The van der Waals surface area contributed by atoms with E-state index in [4.69, 9.17) is 14.6 Å². The molecule has 6 heteroatoms. The molecule has 1 aromatic rings. The summed E-state index contributed by atoms with van der Waals surface area (Å²) in [5.74, 6) is -0.125. The van der Waals surface area contributed by atoms with Crippen LogP contribution in [0.3, 0.4) is 0 Å². The first kappa shape index (κ1) is 12.2. The summed E-state index contributed by atoms with van der Waals surface area (Å²) in [4.78, 5) is 21.7. The van der Waals surface area contributed by atoms with Crippen LogP contribution in [0.15, 0.2) is 18.2 Å². The third-order valence-corrected chi connectivity index (χ3v) is 2.41. The van der Waals surface area contributed by atoms with Gasteiger partial charge in [-0.05, 0) is 17.7 Å². The van der Waals surface area contributed by atoms with Gasteiger partial charge < -0.3 is 19.9 Å². The zero-order valence-electron chi connectivity index (χ0n) is 9.64. The lowest BCUT2D eigenvalue weighted by Crippen LogP contribution is -2.30. The Morgan fingerprint density at radius 2 is 1.94 bits per heavy atom. The second kappa shape index (κ2) is 5.39. The summed E-state index contributed by atoms with van der Waals surface area (Å²) in [6.45, 7) is 0.635. The van der Waals surface area contributed by atoms with Gasteiger partial charge in [0.05, 0.1) is 6.42 Å². The van der Waals surface area contributed by atoms with Gasteiger partial charge in [0.2, 0.25) is 5.91 Å². The van der Waals surface area contributed by atoms with Crippen LogP contribution >= 0.6 is 0 Å². The predicted molar refractivity (Wildman–Crippen MR) is 61.8 cm³/mol. The Hall–Kier alpha value is -2.24. The van der Waals surface area contributed by atoms with Crippen LogP contribution < -0.4 is 14.8 Å². The van der Waals surface area contributed by atoms with Gasteiger partial charge in [-0.3, -0.25) is 9.59 Å². The Morgan fingerprint density at radius 1 is 1.22 bits per heavy atom. The highest BCUT2D eigenvalue weighted by molar-refractivity contribution is 5.82. The Kier molecular flexibility index (Phi) is 3.66. The van der Waals surface area contributed by atoms with Crippen LogP contribution in [0, 0.1) is 0 Å². The normalized spacial score (nSPS) is 12.9. The first-order valence-corrected chi connectivity index (χ1v) is 5.52. The van der Waals surface area contributed by atoms with Crippen molar-refractivity contribution in [2.45, 2.75) is 6.42 Å². The number of rotatable bonds is 4. The minimum atomic E-state index is -1.06. The number of benzene rings is 1. The standard InChI is InChI=1S/C12H13NO5/c14-11(13-7-12(15)16)6-8-1-2-9-10(5-8)18-4-3-17-9/h1-2,5H,3-4,6-7H2,(H,13,14)(H,15,16). The van der Waals surface area contributed by atoms with E-state index in [1.165, 1.54) is 0 Å². The molecule has 0 unspecified atom stereocenters. The van der Waals surface area contributed by atoms with Crippen LogP contribution in [0.1, 0.15) is 5.56 Å². The number of hydrogen-bond donors (Lipinski definition) is 2. The molecule has 96 valence electrons. The highest BCUT2D eigenvalue weighted by Crippen LogP contribution is 2.30. The Labute approximate surface area is 104 Å². The van der Waals surface area contributed by atoms with Crippen LogP contribution in [-0.4, -0.2) is 36.7 Å². The topological polar surface area (TPSA) is 84.9 Å². The SMILES string of the molecule is O=C(O)CNC(=O)Cc1ccc2c(c1)OCCO2. The van der Waals surface area contributed by atoms with Crippen molar-refractivity contribution < 1.29 is 24.2 Å². The average molecular weight is 251 g/mol. The lowest BCUT2D eigenvalue weighted by atomic mass is 10.1. The summed E-state index contributed by atoms with van der Waals surface area (Å²) < 4.78 is 10.8. The zero-order valence-corrected chi connectivity index (χ0v) is 9.64. The second-order valence-corrected chi connectivity index (χ2v) is 3.83. The summed E-state index contributed by atoms with van der Waals surface area (Å²) in [7, 11) is 0. The van der Waals surface area contributed by atoms with Crippen LogP contribution in [0.5, 0.6) is 11.5 Å². The molecule has 1 amide bonds. The Balaban J connectivity index is 1.97. The van der Waals surface area contributed by atoms with Crippen molar-refractivity contribution in [2.24, 2.45) is 0 Å². The lowest BCUT2D eigenvalue weighted by Gasteiger charge is -2.18. The molecule has 1 aromatic carbocycles. The van der Waals surface area contributed by atoms with Gasteiger partial charge in [0.15, 0.2) is 11.5 Å². The molecule has 0 saturated heterocycles. The van der Waals surface area contributed by atoms with E-state index < -0.39 is 5.97 Å². The lowest BCUT2D eigenvalue weighted by molar-refractivity contribution is -0.137. The number of carboxylic acid groups (broad SMARTS) is 1. The fraction of sp³-hybridized carbons (Fsp3) is 0.333. The van der Waals surface area contributed by atoms with Gasteiger partial charge in [-0.1, -0.05) is 6.07 Å². The molecule has 2 rings (SSSR count). The molecule has 0 radical (unpaired) electrons. The van der Waals surface area contributed by atoms with Crippen molar-refractivity contribution in [3.8, 4) is 11.5 Å². The van der Waals surface area contributed by atoms with Crippen molar-refractivity contribution in [1.82, 2.24) is 5.32 Å². The van der Waals surface area contributed by atoms with Crippen LogP contribution in [-0.2, 0) is 16.0 Å². The Morgan fingerprint density at radius 3 is 2.67 bits per heavy atom. The van der Waals surface area contributed by atoms with E-state index in [9.17, 15) is 9.59 Å². The maximum atomic E-state index is 11.4. The summed E-state index contributed by atoms with van der Waals surface area (Å²) in [6.07, 6.45) is 0.115. The van der Waals surface area contributed by atoms with Crippen molar-refractivity contribution >= 4 is 11.9 Å². The van der Waals surface area contributed by atoms with E-state index in [0.29, 0.717) is 24.7 Å². The summed E-state index contributed by atoms with van der Waals surface area (Å²) in [5.41, 5.74) is 0.752. The molecular formula is C12H13NO5. The van der Waals surface area contributed by atoms with E-state index >= 15 is 0 Å². The van der Waals surface area contributed by atoms with Gasteiger partial charge >= 0.3 is 5.97 Å². The van der Waals surface area contributed by atoms with Gasteiger partial charge in [-0.15, -0.1) is 0 Å². The van der Waals surface area contributed by atoms with Gasteiger partial charge in [-0.25, -0.2) is 0 Å². The minimum absolute atomic E-state index is 0.115. The molecular weight excluding hydrogens is 238 g/mol. The third kappa shape index (κ3) is 3.13. The van der Waals surface area contributed by atoms with E-state index in [0.717, 1.165) is 5.56 Å². The number of amides is 1. The molecule has 0 aliphatic carbocycles. The van der Waals surface area contributed by atoms with Gasteiger partial charge in [0.1, 0.15) is 19.8 Å². The molecule has 0 spiro atoms. The molecule has 0 bridgehead atoms. The van der Waals surface area contributed by atoms with Crippen LogP contribution in [0.4, 0.5) is 0 Å². The first-order chi connectivity index (χ1) is 8.65. The van der Waals surface area contributed by atoms with Crippen LogP contribution in [0.2, 0.25) is 0 Å². The van der Waals surface area contributed by atoms with Crippen molar-refractivity contribution in [2.75, 3.05) is 19.8 Å². The predicted octanol–water partition coefficient (Wildman–Crippen LogP) is 0.201. The molecule has 0 fully saturated rings. The van der Waals surface area contributed by atoms with Crippen molar-refractivity contribution in [3.05, 3.63) is 23.8 Å². The van der Waals surface area contributed by atoms with Gasteiger partial charge in [0.25, 0.3) is 0 Å². The van der Waals surface area contributed by atoms with Crippen LogP contribution in [0.25, 0.3) is 0 Å². The zero-order chi connectivity index (χ0) is 13.0. The highest BCUT2D eigenvalue weighted by Gasteiger charge is 2.13. The first-order valence-electron chi connectivity index (χ1n) is 5.52. The Bertz CT molecular complexity index is 472. The molecule has 0 saturated carbocycles. The number of hydrogen-bond acceptors (Lipinski definition) is 4. The number of nitrogens with one attached hydrogen (secondary N) is 1. The monoisotopic (exact) mass is 251 g/mol. The summed E-state index contributed by atoms with van der Waals surface area (Å²) >= 11 is 0. The van der Waals surface area contributed by atoms with E-state index in [2.05, 4.69) is 5.32 Å². The third-order valence-electron chi connectivity index (χ3n) is 2.41. The molecule has 0 aromatic heterocycles. The number of fused-ring (bicyclic) bond motifs is 1. The fourth-order valence-corrected chi connectivity index (χ4v) is 1.62. The summed E-state index contributed by atoms with van der Waals surface area (Å²) in [5, 5.41) is 10.7. The molecule has 6 nitrogen and oxygen atoms in total. The molecule has 1 aliphatic rings. The maximum Gasteiger partial charge on any atom is 0.322 e. The summed E-state index contributed by atoms with van der Waals surface area (Å²) in [6, 6.07) is 5.23. The molecule has 1 heterocycles. The smallest absolute Gasteiger partial charge is 0.322 e. The largest absolute Gasteiger partial charge is 0.486 e. The highest BCUT2D eigenvalue weighted by atomic mass is 16.6. The van der Waals surface area contributed by atoms with Crippen molar-refractivity contribution in [1.29, 1.82) is 0 Å². The number of aliphatic carboxylic acids is 1. The number of carboxylic acids is 1. The van der Waals surface area contributed by atoms with Gasteiger partial charge in [-0.2, -0.15) is 0 Å². The average Bonchev–Trinajstić information content (AvgIpc) is 2.36. The minimum Gasteiger partial charge on any atom is -0.486 e. The molecule has 18 heavy (non-hydrogen) atoms. The molecule has 0 atom stereocenters. The second-order valence-electron chi connectivity index (χ2n) is 3.83. The van der Waals surface area contributed by atoms with Crippen molar-refractivity contribution in [3.63, 3.8) is 0 Å². The van der Waals surface area contributed by atoms with E-state index in [-0.39, 0.29) is 18.9 Å². The molecule has 1 aliphatic heterocycles. The van der Waals surface area contributed by atoms with E-state index in [1.54, 1.807) is 18.2 Å². The fourth-order valence-electron chi connectivity index (χ4n) is 1.62. The maximum absolute atomic E-state index is 11.4.